The van der Waals surface area contributed by atoms with Crippen LogP contribution in [0, 0.1) is 11.2 Å². The summed E-state index contributed by atoms with van der Waals surface area (Å²) in [5, 5.41) is 9.32. The van der Waals surface area contributed by atoms with Gasteiger partial charge >= 0.3 is 0 Å². The number of amides is 1. The van der Waals surface area contributed by atoms with Crippen LogP contribution in [0.3, 0.4) is 0 Å². The topological polar surface area (TPSA) is 43.8 Å². The number of benzene rings is 2. The first kappa shape index (κ1) is 18.4. The molecule has 1 amide bonds. The zero-order chi connectivity index (χ0) is 18.9. The minimum Gasteiger partial charge on any atom is -0.508 e. The van der Waals surface area contributed by atoms with E-state index in [1.54, 1.807) is 29.2 Å². The third-order valence-electron chi connectivity index (χ3n) is 5.11. The molecule has 26 heavy (non-hydrogen) atoms. The van der Waals surface area contributed by atoms with Crippen molar-refractivity contribution in [3.8, 4) is 16.9 Å². The third-order valence-corrected chi connectivity index (χ3v) is 5.11. The van der Waals surface area contributed by atoms with E-state index in [9.17, 15) is 14.3 Å². The number of rotatable bonds is 4. The molecular weight excluding hydrogens is 331 g/mol. The maximum absolute atomic E-state index is 14.0. The maximum atomic E-state index is 14.0. The molecule has 3 rings (SSSR count). The Bertz CT molecular complexity index is 806. The Morgan fingerprint density at radius 2 is 1.96 bits per heavy atom. The molecule has 1 saturated heterocycles. The van der Waals surface area contributed by atoms with Gasteiger partial charge in [-0.1, -0.05) is 19.1 Å². The summed E-state index contributed by atoms with van der Waals surface area (Å²) in [5.74, 6) is -0.622. The average Bonchev–Trinajstić information content (AvgIpc) is 2.93. The SMILES string of the molecule is CN1CC[C@](C)(CN(C)C(=O)c2ccc(-c3ccc(O)cc3F)cc2)C1. The zero-order valence-electron chi connectivity index (χ0n) is 15.5. The number of hydrogen-bond donors (Lipinski definition) is 1. The first-order chi connectivity index (χ1) is 12.3. The molecule has 0 spiro atoms. The number of carbonyl (C=O) groups excluding carboxylic acids is 1. The molecule has 0 saturated carbocycles. The Labute approximate surface area is 153 Å². The van der Waals surface area contributed by atoms with Crippen molar-refractivity contribution < 1.29 is 14.3 Å². The molecule has 1 aliphatic rings. The molecule has 2 aromatic rings. The summed E-state index contributed by atoms with van der Waals surface area (Å²) in [6.07, 6.45) is 1.08. The fourth-order valence-corrected chi connectivity index (χ4v) is 3.79. The number of halogens is 1. The lowest BCUT2D eigenvalue weighted by Crippen LogP contribution is -2.38. The van der Waals surface area contributed by atoms with Crippen LogP contribution in [0.4, 0.5) is 4.39 Å². The van der Waals surface area contributed by atoms with E-state index in [0.717, 1.165) is 25.6 Å². The second kappa shape index (κ2) is 7.08. The number of carbonyl (C=O) groups is 1. The number of likely N-dealkylation sites (tertiary alicyclic amines) is 1. The van der Waals surface area contributed by atoms with Gasteiger partial charge < -0.3 is 14.9 Å². The predicted octanol–water partition coefficient (Wildman–Crippen LogP) is 3.61. The van der Waals surface area contributed by atoms with Crippen LogP contribution in [0.25, 0.3) is 11.1 Å². The lowest BCUT2D eigenvalue weighted by Gasteiger charge is -2.30. The first-order valence-corrected chi connectivity index (χ1v) is 8.80. The fraction of sp³-hybridized carbons (Fsp3) is 0.381. The van der Waals surface area contributed by atoms with Gasteiger partial charge in [0.05, 0.1) is 0 Å². The highest BCUT2D eigenvalue weighted by atomic mass is 19.1. The van der Waals surface area contributed by atoms with Gasteiger partial charge in [0.1, 0.15) is 11.6 Å². The lowest BCUT2D eigenvalue weighted by atomic mass is 9.89. The van der Waals surface area contributed by atoms with Gasteiger partial charge in [0.25, 0.3) is 5.91 Å². The molecule has 5 heteroatoms. The molecule has 0 aromatic heterocycles. The summed E-state index contributed by atoms with van der Waals surface area (Å²) in [4.78, 5) is 16.8. The summed E-state index contributed by atoms with van der Waals surface area (Å²) in [5.41, 5.74) is 1.78. The number of phenolic OH excluding ortho intramolecular Hbond substituents is 1. The lowest BCUT2D eigenvalue weighted by molar-refractivity contribution is 0.0730. The van der Waals surface area contributed by atoms with E-state index in [1.165, 1.54) is 12.1 Å². The summed E-state index contributed by atoms with van der Waals surface area (Å²) < 4.78 is 14.0. The summed E-state index contributed by atoms with van der Waals surface area (Å²) >= 11 is 0. The van der Waals surface area contributed by atoms with Gasteiger partial charge in [-0.05, 0) is 55.3 Å². The molecule has 1 N–H and O–H groups in total. The van der Waals surface area contributed by atoms with Gasteiger partial charge in [0.15, 0.2) is 0 Å². The van der Waals surface area contributed by atoms with Gasteiger partial charge in [-0.25, -0.2) is 4.39 Å². The minimum atomic E-state index is -0.487. The molecule has 1 atom stereocenters. The minimum absolute atomic E-state index is 0.0292. The van der Waals surface area contributed by atoms with E-state index in [4.69, 9.17) is 0 Å². The number of aromatic hydroxyl groups is 1. The van der Waals surface area contributed by atoms with E-state index < -0.39 is 5.82 Å². The van der Waals surface area contributed by atoms with Gasteiger partial charge in [-0.2, -0.15) is 0 Å². The van der Waals surface area contributed by atoms with Crippen molar-refractivity contribution in [2.75, 3.05) is 33.7 Å². The average molecular weight is 356 g/mol. The van der Waals surface area contributed by atoms with Crippen molar-refractivity contribution in [1.29, 1.82) is 0 Å². The Kier molecular flexibility index (Phi) is 5.01. The van der Waals surface area contributed by atoms with Crippen LogP contribution in [0.2, 0.25) is 0 Å². The van der Waals surface area contributed by atoms with E-state index in [1.807, 2.05) is 7.05 Å². The Morgan fingerprint density at radius 3 is 2.54 bits per heavy atom. The summed E-state index contributed by atoms with van der Waals surface area (Å²) in [6.45, 7) is 4.98. The molecule has 1 heterocycles. The van der Waals surface area contributed by atoms with Crippen LogP contribution < -0.4 is 0 Å². The van der Waals surface area contributed by atoms with Crippen molar-refractivity contribution in [3.05, 3.63) is 53.8 Å². The van der Waals surface area contributed by atoms with E-state index in [-0.39, 0.29) is 17.1 Å². The molecule has 2 aromatic carbocycles. The normalized spacial score (nSPS) is 20.3. The molecule has 0 aliphatic carbocycles. The summed E-state index contributed by atoms with van der Waals surface area (Å²) in [7, 11) is 3.94. The highest BCUT2D eigenvalue weighted by molar-refractivity contribution is 5.94. The van der Waals surface area contributed by atoms with Gasteiger partial charge in [-0.3, -0.25) is 4.79 Å². The molecule has 0 unspecified atom stereocenters. The van der Waals surface area contributed by atoms with Crippen molar-refractivity contribution in [2.45, 2.75) is 13.3 Å². The van der Waals surface area contributed by atoms with Crippen LogP contribution in [-0.2, 0) is 0 Å². The Hall–Kier alpha value is -2.40. The van der Waals surface area contributed by atoms with Crippen molar-refractivity contribution in [2.24, 2.45) is 5.41 Å². The first-order valence-electron chi connectivity index (χ1n) is 8.80. The molecular formula is C21H25FN2O2. The zero-order valence-corrected chi connectivity index (χ0v) is 15.5. The Morgan fingerprint density at radius 1 is 1.27 bits per heavy atom. The second-order valence-corrected chi connectivity index (χ2v) is 7.70. The molecule has 1 fully saturated rings. The van der Waals surface area contributed by atoms with Gasteiger partial charge in [-0.15, -0.1) is 0 Å². The van der Waals surface area contributed by atoms with Gasteiger partial charge in [0, 0.05) is 37.3 Å². The summed E-state index contributed by atoms with van der Waals surface area (Å²) in [6, 6.07) is 11.0. The number of phenols is 1. The highest BCUT2D eigenvalue weighted by Crippen LogP contribution is 2.30. The standard InChI is InChI=1S/C21H25FN2O2/c1-21(10-11-23(2)13-21)14-24(3)20(26)16-6-4-15(5-7-16)18-9-8-17(25)12-19(18)22/h4-9,12,25H,10-11,13-14H2,1-3H3/t21-/m0/s1. The van der Waals surface area contributed by atoms with Crippen molar-refractivity contribution in [3.63, 3.8) is 0 Å². The Balaban J connectivity index is 1.72. The van der Waals surface area contributed by atoms with E-state index in [2.05, 4.69) is 18.9 Å². The fourth-order valence-electron chi connectivity index (χ4n) is 3.79. The van der Waals surface area contributed by atoms with Crippen molar-refractivity contribution >= 4 is 5.91 Å². The van der Waals surface area contributed by atoms with Crippen LogP contribution in [0.15, 0.2) is 42.5 Å². The number of hydrogen-bond acceptors (Lipinski definition) is 3. The molecule has 0 bridgehead atoms. The van der Waals surface area contributed by atoms with Crippen LogP contribution in [0.1, 0.15) is 23.7 Å². The van der Waals surface area contributed by atoms with E-state index >= 15 is 0 Å². The highest BCUT2D eigenvalue weighted by Gasteiger charge is 2.34. The van der Waals surface area contributed by atoms with Crippen LogP contribution >= 0.6 is 0 Å². The third kappa shape index (κ3) is 3.88. The monoisotopic (exact) mass is 356 g/mol. The number of nitrogens with zero attached hydrogens (tertiary/aromatic N) is 2. The van der Waals surface area contributed by atoms with Crippen molar-refractivity contribution in [1.82, 2.24) is 9.80 Å². The molecule has 1 aliphatic heterocycles. The molecule has 138 valence electrons. The van der Waals surface area contributed by atoms with E-state index in [0.29, 0.717) is 23.2 Å². The maximum Gasteiger partial charge on any atom is 0.253 e. The molecule has 0 radical (unpaired) electrons. The predicted molar refractivity (Wildman–Crippen MR) is 101 cm³/mol. The smallest absolute Gasteiger partial charge is 0.253 e. The van der Waals surface area contributed by atoms with Crippen LogP contribution in [0.5, 0.6) is 5.75 Å². The van der Waals surface area contributed by atoms with Gasteiger partial charge in [0.2, 0.25) is 0 Å². The second-order valence-electron chi connectivity index (χ2n) is 7.70. The molecule has 4 nitrogen and oxygen atoms in total. The largest absolute Gasteiger partial charge is 0.508 e. The van der Waals surface area contributed by atoms with Crippen LogP contribution in [-0.4, -0.2) is 54.5 Å². The quantitative estimate of drug-likeness (QED) is 0.910.